The lowest BCUT2D eigenvalue weighted by molar-refractivity contribution is 0.183. The van der Waals surface area contributed by atoms with Crippen LogP contribution in [0, 0.1) is 23.0 Å². The Balaban J connectivity index is 2.69. The molecule has 0 heterocycles. The Hall–Kier alpha value is -1.67. The lowest BCUT2D eigenvalue weighted by Crippen LogP contribution is -2.38. The highest BCUT2D eigenvalue weighted by atomic mass is 19.1. The van der Waals surface area contributed by atoms with Crippen LogP contribution in [0.1, 0.15) is 20.3 Å². The largest absolute Gasteiger partial charge is 0.488 e. The van der Waals surface area contributed by atoms with E-state index in [1.54, 1.807) is 13.8 Å². The van der Waals surface area contributed by atoms with Crippen molar-refractivity contribution in [3.05, 3.63) is 29.8 Å². The van der Waals surface area contributed by atoms with Crippen molar-refractivity contribution < 1.29 is 13.5 Å². The van der Waals surface area contributed by atoms with Gasteiger partial charge in [-0.25, -0.2) is 8.78 Å². The average Bonchev–Trinajstić information content (AvgIpc) is 2.21. The first-order valence-electron chi connectivity index (χ1n) is 5.16. The van der Waals surface area contributed by atoms with Crippen LogP contribution in [0.2, 0.25) is 0 Å². The molecule has 0 fully saturated rings. The summed E-state index contributed by atoms with van der Waals surface area (Å²) in [5.74, 6) is -1.48. The first kappa shape index (κ1) is 13.4. The van der Waals surface area contributed by atoms with Crippen LogP contribution in [0.15, 0.2) is 18.2 Å². The summed E-state index contributed by atoms with van der Waals surface area (Å²) in [4.78, 5) is 0. The average molecular weight is 240 g/mol. The quantitative estimate of drug-likeness (QED) is 0.878. The van der Waals surface area contributed by atoms with Crippen LogP contribution in [-0.4, -0.2) is 11.6 Å². The van der Waals surface area contributed by atoms with Gasteiger partial charge in [0, 0.05) is 12.5 Å². The molecule has 0 radical (unpaired) electrons. The second kappa shape index (κ2) is 5.11. The van der Waals surface area contributed by atoms with E-state index >= 15 is 0 Å². The van der Waals surface area contributed by atoms with E-state index in [0.29, 0.717) is 0 Å². The maximum Gasteiger partial charge on any atom is 0.167 e. The lowest BCUT2D eigenvalue weighted by atomic mass is 9.98. The summed E-state index contributed by atoms with van der Waals surface area (Å²) in [5.41, 5.74) is 4.61. The Labute approximate surface area is 98.8 Å². The zero-order valence-corrected chi connectivity index (χ0v) is 9.71. The third-order valence-corrected chi connectivity index (χ3v) is 2.19. The van der Waals surface area contributed by atoms with Crippen LogP contribution in [0.5, 0.6) is 5.75 Å². The molecule has 2 N–H and O–H groups in total. The molecular formula is C12H14F2N2O. The fourth-order valence-corrected chi connectivity index (χ4v) is 1.47. The minimum atomic E-state index is -1.03. The zero-order valence-electron chi connectivity index (χ0n) is 9.71. The highest BCUT2D eigenvalue weighted by Crippen LogP contribution is 2.21. The smallest absolute Gasteiger partial charge is 0.167 e. The number of halogens is 2. The normalized spacial score (nSPS) is 15.8. The maximum absolute atomic E-state index is 13.3. The molecule has 1 aromatic rings. The number of nitriles is 1. The van der Waals surface area contributed by atoms with Gasteiger partial charge in [0.25, 0.3) is 0 Å². The molecule has 1 rings (SSSR count). The van der Waals surface area contributed by atoms with Gasteiger partial charge in [-0.3, -0.25) is 0 Å². The molecule has 0 spiro atoms. The fourth-order valence-electron chi connectivity index (χ4n) is 1.47. The molecule has 17 heavy (non-hydrogen) atoms. The Morgan fingerprint density at radius 2 is 2.18 bits per heavy atom. The third kappa shape index (κ3) is 4.00. The minimum absolute atomic E-state index is 0.0485. The van der Waals surface area contributed by atoms with Crippen LogP contribution in [0.25, 0.3) is 0 Å². The molecule has 0 bridgehead atoms. The number of hydrogen-bond acceptors (Lipinski definition) is 3. The number of nitrogens with zero attached hydrogens (tertiary/aromatic N) is 1. The van der Waals surface area contributed by atoms with Crippen molar-refractivity contribution >= 4 is 0 Å². The van der Waals surface area contributed by atoms with E-state index in [1.807, 2.05) is 6.07 Å². The Morgan fingerprint density at radius 1 is 1.53 bits per heavy atom. The second-order valence-corrected chi connectivity index (χ2v) is 4.24. The first-order chi connectivity index (χ1) is 7.84. The summed E-state index contributed by atoms with van der Waals surface area (Å²) in [6, 6.07) is 4.99. The molecule has 0 saturated heterocycles. The monoisotopic (exact) mass is 240 g/mol. The summed E-state index contributed by atoms with van der Waals surface area (Å²) in [6.07, 6.45) is -0.190. The van der Waals surface area contributed by atoms with Crippen molar-refractivity contribution in [1.29, 1.82) is 5.26 Å². The highest BCUT2D eigenvalue weighted by molar-refractivity contribution is 5.25. The van der Waals surface area contributed by atoms with E-state index in [2.05, 4.69) is 0 Å². The SMILES string of the molecule is CC(CC(C)(N)C#N)Oc1ccc(F)cc1F. The van der Waals surface area contributed by atoms with Crippen LogP contribution < -0.4 is 10.5 Å². The molecule has 92 valence electrons. The number of hydrogen-bond donors (Lipinski definition) is 1. The van der Waals surface area contributed by atoms with Gasteiger partial charge < -0.3 is 10.5 Å². The molecule has 0 amide bonds. The molecule has 2 atom stereocenters. The fraction of sp³-hybridized carbons (Fsp3) is 0.417. The van der Waals surface area contributed by atoms with Crippen molar-refractivity contribution in [3.8, 4) is 11.8 Å². The standard InChI is InChI=1S/C12H14F2N2O/c1-8(6-12(2,16)7-15)17-11-4-3-9(13)5-10(11)14/h3-5,8H,6,16H2,1-2H3. The predicted molar refractivity (Wildman–Crippen MR) is 59.3 cm³/mol. The van der Waals surface area contributed by atoms with E-state index < -0.39 is 23.3 Å². The molecule has 0 aliphatic heterocycles. The van der Waals surface area contributed by atoms with Crippen molar-refractivity contribution in [2.75, 3.05) is 0 Å². The Morgan fingerprint density at radius 3 is 2.71 bits per heavy atom. The number of rotatable bonds is 4. The van der Waals surface area contributed by atoms with Crippen molar-refractivity contribution in [2.45, 2.75) is 31.9 Å². The summed E-state index contributed by atoms with van der Waals surface area (Å²) in [6.45, 7) is 3.24. The van der Waals surface area contributed by atoms with Gasteiger partial charge >= 0.3 is 0 Å². The molecule has 0 saturated carbocycles. The summed E-state index contributed by atoms with van der Waals surface area (Å²) < 4.78 is 31.2. The molecular weight excluding hydrogens is 226 g/mol. The van der Waals surface area contributed by atoms with Gasteiger partial charge in [-0.15, -0.1) is 0 Å². The second-order valence-electron chi connectivity index (χ2n) is 4.24. The van der Waals surface area contributed by atoms with Crippen molar-refractivity contribution in [2.24, 2.45) is 5.73 Å². The van der Waals surface area contributed by atoms with E-state index in [9.17, 15) is 8.78 Å². The van der Waals surface area contributed by atoms with E-state index in [4.69, 9.17) is 15.7 Å². The summed E-state index contributed by atoms with van der Waals surface area (Å²) in [5, 5.41) is 8.75. The number of benzene rings is 1. The van der Waals surface area contributed by atoms with Gasteiger partial charge in [0.1, 0.15) is 11.4 Å². The summed E-state index contributed by atoms with van der Waals surface area (Å²) in [7, 11) is 0. The van der Waals surface area contributed by atoms with E-state index in [1.165, 1.54) is 6.07 Å². The minimum Gasteiger partial charge on any atom is -0.488 e. The number of nitrogens with two attached hydrogens (primary N) is 1. The number of ether oxygens (including phenoxy) is 1. The predicted octanol–water partition coefficient (Wildman–Crippen LogP) is 2.36. The molecule has 5 heteroatoms. The van der Waals surface area contributed by atoms with Crippen LogP contribution in [-0.2, 0) is 0 Å². The van der Waals surface area contributed by atoms with Crippen LogP contribution in [0.3, 0.4) is 0 Å². The summed E-state index contributed by atoms with van der Waals surface area (Å²) >= 11 is 0. The maximum atomic E-state index is 13.3. The van der Waals surface area contributed by atoms with E-state index in [0.717, 1.165) is 12.1 Å². The van der Waals surface area contributed by atoms with Crippen molar-refractivity contribution in [1.82, 2.24) is 0 Å². The Kier molecular flexibility index (Phi) is 4.02. The molecule has 0 aliphatic rings. The molecule has 0 aromatic heterocycles. The van der Waals surface area contributed by atoms with Gasteiger partial charge in [-0.2, -0.15) is 5.26 Å². The highest BCUT2D eigenvalue weighted by Gasteiger charge is 2.22. The molecule has 1 aromatic carbocycles. The van der Waals surface area contributed by atoms with Crippen LogP contribution >= 0.6 is 0 Å². The van der Waals surface area contributed by atoms with E-state index in [-0.39, 0.29) is 12.2 Å². The van der Waals surface area contributed by atoms with Crippen LogP contribution in [0.4, 0.5) is 8.78 Å². The van der Waals surface area contributed by atoms with Gasteiger partial charge in [0.2, 0.25) is 0 Å². The van der Waals surface area contributed by atoms with Gasteiger partial charge in [-0.05, 0) is 26.0 Å². The molecule has 3 nitrogen and oxygen atoms in total. The lowest BCUT2D eigenvalue weighted by Gasteiger charge is -2.21. The Bertz CT molecular complexity index is 441. The molecule has 0 aliphatic carbocycles. The molecule has 2 unspecified atom stereocenters. The zero-order chi connectivity index (χ0) is 13.1. The topological polar surface area (TPSA) is 59.0 Å². The van der Waals surface area contributed by atoms with Gasteiger partial charge in [0.15, 0.2) is 11.6 Å². The van der Waals surface area contributed by atoms with Gasteiger partial charge in [-0.1, -0.05) is 0 Å². The van der Waals surface area contributed by atoms with Gasteiger partial charge in [0.05, 0.1) is 12.2 Å². The first-order valence-corrected chi connectivity index (χ1v) is 5.16. The van der Waals surface area contributed by atoms with Crippen molar-refractivity contribution in [3.63, 3.8) is 0 Å². The third-order valence-electron chi connectivity index (χ3n) is 2.19.